The molecule has 1 aromatic carbocycles. The van der Waals surface area contributed by atoms with Crippen molar-refractivity contribution in [2.45, 2.75) is 13.8 Å². The summed E-state index contributed by atoms with van der Waals surface area (Å²) in [6.07, 6.45) is 1.69. The van der Waals surface area contributed by atoms with Crippen molar-refractivity contribution >= 4 is 38.9 Å². The number of nitrogen functional groups attached to an aromatic ring is 1. The maximum absolute atomic E-state index is 12.0. The van der Waals surface area contributed by atoms with Crippen molar-refractivity contribution in [3.8, 4) is 22.4 Å². The van der Waals surface area contributed by atoms with Crippen LogP contribution >= 0.6 is 27.3 Å². The molecule has 0 amide bonds. The van der Waals surface area contributed by atoms with Crippen LogP contribution in [-0.2, 0) is 4.74 Å². The molecule has 0 saturated heterocycles. The normalized spacial score (nSPS) is 10.2. The lowest BCUT2D eigenvalue weighted by Gasteiger charge is -2.05. The average molecular weight is 442 g/mol. The van der Waals surface area contributed by atoms with Crippen LogP contribution in [0.5, 0.6) is 0 Å². The smallest absolute Gasteiger partial charge is 0.350 e. The van der Waals surface area contributed by atoms with Crippen molar-refractivity contribution in [3.63, 3.8) is 0 Å². The van der Waals surface area contributed by atoms with Crippen molar-refractivity contribution in [3.05, 3.63) is 62.8 Å². The molecule has 2 aromatic heterocycles. The second-order valence-electron chi connectivity index (χ2n) is 5.54. The lowest BCUT2D eigenvalue weighted by Crippen LogP contribution is -2.03. The Balaban J connectivity index is 2.01. The number of carbonyl (C=O) groups is 1. The number of esters is 1. The van der Waals surface area contributed by atoms with E-state index in [0.717, 1.165) is 10.0 Å². The van der Waals surface area contributed by atoms with Crippen LogP contribution in [0.3, 0.4) is 0 Å². The van der Waals surface area contributed by atoms with Crippen LogP contribution in [0.25, 0.3) is 10.6 Å². The van der Waals surface area contributed by atoms with Crippen LogP contribution in [0.4, 0.5) is 5.69 Å². The summed E-state index contributed by atoms with van der Waals surface area (Å²) in [6, 6.07) is 9.28. The van der Waals surface area contributed by atoms with Gasteiger partial charge in [-0.15, -0.1) is 11.3 Å². The zero-order chi connectivity index (χ0) is 19.4. The van der Waals surface area contributed by atoms with Gasteiger partial charge >= 0.3 is 5.97 Å². The van der Waals surface area contributed by atoms with Gasteiger partial charge in [-0.25, -0.2) is 14.8 Å². The molecule has 2 N–H and O–H groups in total. The number of aromatic nitrogens is 2. The Morgan fingerprint density at radius 1 is 1.33 bits per heavy atom. The molecule has 0 aliphatic carbocycles. The Hall–Kier alpha value is -2.69. The van der Waals surface area contributed by atoms with Gasteiger partial charge in [0.05, 0.1) is 18.0 Å². The topological polar surface area (TPSA) is 78.1 Å². The molecule has 3 rings (SSSR count). The van der Waals surface area contributed by atoms with Crippen molar-refractivity contribution in [2.24, 2.45) is 0 Å². The molecular formula is C20H16BrN3O2S. The highest BCUT2D eigenvalue weighted by atomic mass is 79.9. The maximum Gasteiger partial charge on any atom is 0.350 e. The molecule has 0 fully saturated rings. The third-order valence-corrected chi connectivity index (χ3v) is 5.47. The first-order valence-corrected chi connectivity index (χ1v) is 9.77. The number of nitrogens with two attached hydrogens (primary N) is 1. The molecular weight excluding hydrogens is 426 g/mol. The maximum atomic E-state index is 12.0. The number of benzene rings is 1. The van der Waals surface area contributed by atoms with E-state index in [1.165, 1.54) is 11.3 Å². The van der Waals surface area contributed by atoms with E-state index in [4.69, 9.17) is 10.5 Å². The van der Waals surface area contributed by atoms with E-state index in [1.807, 2.05) is 30.3 Å². The monoisotopic (exact) mass is 441 g/mol. The van der Waals surface area contributed by atoms with Gasteiger partial charge < -0.3 is 10.5 Å². The Bertz CT molecular complexity index is 1050. The van der Waals surface area contributed by atoms with Gasteiger partial charge in [-0.05, 0) is 60.0 Å². The highest BCUT2D eigenvalue weighted by Crippen LogP contribution is 2.34. The van der Waals surface area contributed by atoms with E-state index in [-0.39, 0.29) is 5.97 Å². The van der Waals surface area contributed by atoms with Gasteiger partial charge in [0.1, 0.15) is 15.6 Å². The minimum Gasteiger partial charge on any atom is -0.462 e. The van der Waals surface area contributed by atoms with E-state index >= 15 is 0 Å². The van der Waals surface area contributed by atoms with Gasteiger partial charge in [0, 0.05) is 21.8 Å². The fourth-order valence-corrected chi connectivity index (χ4v) is 3.73. The zero-order valence-electron chi connectivity index (χ0n) is 14.7. The Kier molecular flexibility index (Phi) is 5.89. The molecule has 136 valence electrons. The third-order valence-electron chi connectivity index (χ3n) is 3.62. The molecule has 0 spiro atoms. The molecule has 3 aromatic rings. The molecule has 2 heterocycles. The van der Waals surface area contributed by atoms with Gasteiger partial charge in [-0.1, -0.05) is 12.0 Å². The predicted octanol–water partition coefficient (Wildman–Crippen LogP) is 4.43. The van der Waals surface area contributed by atoms with E-state index in [2.05, 4.69) is 37.7 Å². The first-order valence-electron chi connectivity index (χ1n) is 8.16. The third kappa shape index (κ3) is 4.35. The second kappa shape index (κ2) is 8.33. The minimum atomic E-state index is -0.358. The van der Waals surface area contributed by atoms with E-state index in [1.54, 1.807) is 20.0 Å². The number of hydrogen-bond donors (Lipinski definition) is 1. The standard InChI is InChI=1S/C20H16BrN3O2S/c1-3-26-20(25)18-12(2)24-19(27-18)14-10-13(17(22)16(21)11-14)7-8-15-6-4-5-9-23-15/h4-6,9-11H,3,22H2,1-2H3. The van der Waals surface area contributed by atoms with Gasteiger partial charge in [0.25, 0.3) is 0 Å². The molecule has 0 aliphatic heterocycles. The van der Waals surface area contributed by atoms with Crippen LogP contribution in [0.1, 0.15) is 33.5 Å². The highest BCUT2D eigenvalue weighted by molar-refractivity contribution is 9.10. The van der Waals surface area contributed by atoms with Crippen molar-refractivity contribution in [1.82, 2.24) is 9.97 Å². The first-order chi connectivity index (χ1) is 13.0. The number of ether oxygens (including phenoxy) is 1. The number of carbonyl (C=O) groups excluding carboxylic acids is 1. The molecule has 0 aliphatic rings. The highest BCUT2D eigenvalue weighted by Gasteiger charge is 2.18. The zero-order valence-corrected chi connectivity index (χ0v) is 17.1. The number of rotatable bonds is 3. The fraction of sp³-hybridized carbons (Fsp3) is 0.150. The Labute approximate surface area is 169 Å². The number of thiazole rings is 1. The average Bonchev–Trinajstić information content (AvgIpc) is 3.05. The quantitative estimate of drug-likeness (QED) is 0.369. The van der Waals surface area contributed by atoms with E-state index in [0.29, 0.717) is 39.1 Å². The SMILES string of the molecule is CCOC(=O)c1sc(-c2cc(Br)c(N)c(C#Cc3ccccn3)c2)nc1C. The van der Waals surface area contributed by atoms with Crippen LogP contribution in [0.15, 0.2) is 41.0 Å². The summed E-state index contributed by atoms with van der Waals surface area (Å²) in [6.45, 7) is 3.89. The number of anilines is 1. The van der Waals surface area contributed by atoms with Crippen molar-refractivity contribution in [1.29, 1.82) is 0 Å². The summed E-state index contributed by atoms with van der Waals surface area (Å²) in [7, 11) is 0. The first kappa shape index (κ1) is 19.1. The van der Waals surface area contributed by atoms with Gasteiger partial charge in [-0.2, -0.15) is 0 Å². The van der Waals surface area contributed by atoms with Crippen LogP contribution in [-0.4, -0.2) is 22.5 Å². The summed E-state index contributed by atoms with van der Waals surface area (Å²) in [5.41, 5.74) is 9.49. The summed E-state index contributed by atoms with van der Waals surface area (Å²) < 4.78 is 5.80. The number of hydrogen-bond acceptors (Lipinski definition) is 6. The summed E-state index contributed by atoms with van der Waals surface area (Å²) in [5, 5.41) is 0.706. The summed E-state index contributed by atoms with van der Waals surface area (Å²) in [5.74, 6) is 5.71. The Morgan fingerprint density at radius 2 is 2.15 bits per heavy atom. The molecule has 0 radical (unpaired) electrons. The van der Waals surface area contributed by atoms with Gasteiger partial charge in [0.15, 0.2) is 0 Å². The largest absolute Gasteiger partial charge is 0.462 e. The summed E-state index contributed by atoms with van der Waals surface area (Å²) in [4.78, 5) is 21.2. The van der Waals surface area contributed by atoms with Gasteiger partial charge in [-0.3, -0.25) is 0 Å². The Morgan fingerprint density at radius 3 is 2.85 bits per heavy atom. The van der Waals surface area contributed by atoms with Crippen LogP contribution < -0.4 is 5.73 Å². The lowest BCUT2D eigenvalue weighted by atomic mass is 10.1. The fourth-order valence-electron chi connectivity index (χ4n) is 2.32. The molecule has 5 nitrogen and oxygen atoms in total. The van der Waals surface area contributed by atoms with Crippen LogP contribution in [0.2, 0.25) is 0 Å². The van der Waals surface area contributed by atoms with Crippen molar-refractivity contribution < 1.29 is 9.53 Å². The molecule has 0 bridgehead atoms. The number of halogens is 1. The molecule has 0 saturated carbocycles. The summed E-state index contributed by atoms with van der Waals surface area (Å²) >= 11 is 4.77. The van der Waals surface area contributed by atoms with Gasteiger partial charge in [0.2, 0.25) is 0 Å². The molecule has 7 heteroatoms. The number of aryl methyl sites for hydroxylation is 1. The number of pyridine rings is 1. The number of nitrogens with zero attached hydrogens (tertiary/aromatic N) is 2. The second-order valence-corrected chi connectivity index (χ2v) is 7.39. The molecule has 0 atom stereocenters. The minimum absolute atomic E-state index is 0.326. The van der Waals surface area contributed by atoms with Crippen LogP contribution in [0, 0.1) is 18.8 Å². The lowest BCUT2D eigenvalue weighted by molar-refractivity contribution is 0.0531. The van der Waals surface area contributed by atoms with Crippen molar-refractivity contribution in [2.75, 3.05) is 12.3 Å². The van der Waals surface area contributed by atoms with E-state index < -0.39 is 0 Å². The molecule has 27 heavy (non-hydrogen) atoms. The molecule has 0 unspecified atom stereocenters. The van der Waals surface area contributed by atoms with E-state index in [9.17, 15) is 4.79 Å². The predicted molar refractivity (Wildman–Crippen MR) is 111 cm³/mol.